The average molecular weight is 282 g/mol. The number of aromatic carboxylic acids is 1. The molecule has 19 heavy (non-hydrogen) atoms. The van der Waals surface area contributed by atoms with Gasteiger partial charge in [0.1, 0.15) is 5.02 Å². The Morgan fingerprint density at radius 1 is 1.26 bits per heavy atom. The van der Waals surface area contributed by atoms with E-state index in [0.717, 1.165) is 6.07 Å². The van der Waals surface area contributed by atoms with E-state index < -0.39 is 16.6 Å². The van der Waals surface area contributed by atoms with Crippen molar-refractivity contribution in [3.8, 4) is 0 Å². The number of nitrogens with zero attached hydrogens (tertiary/aromatic N) is 3. The van der Waals surface area contributed by atoms with Gasteiger partial charge in [0, 0.05) is 18.5 Å². The van der Waals surface area contributed by atoms with Crippen molar-refractivity contribution in [2.75, 3.05) is 0 Å². The van der Waals surface area contributed by atoms with Crippen LogP contribution in [0.5, 0.6) is 0 Å². The minimum Gasteiger partial charge on any atom is -0.478 e. The molecule has 98 valence electrons. The number of hydrogen-bond donors (Lipinski definition) is 1. The molecule has 1 heterocycles. The lowest BCUT2D eigenvalue weighted by molar-refractivity contribution is -0.384. The molecule has 0 bridgehead atoms. The van der Waals surface area contributed by atoms with E-state index in [4.69, 9.17) is 16.7 Å². The fourth-order valence-electron chi connectivity index (χ4n) is 1.04. The van der Waals surface area contributed by atoms with Crippen LogP contribution >= 0.6 is 11.6 Å². The van der Waals surface area contributed by atoms with E-state index in [1.165, 1.54) is 12.1 Å². The third-order valence-electron chi connectivity index (χ3n) is 1.87. The molecule has 0 aliphatic carbocycles. The zero-order chi connectivity index (χ0) is 14.3. The topological polar surface area (TPSA) is 106 Å². The Labute approximate surface area is 112 Å². The van der Waals surface area contributed by atoms with Gasteiger partial charge < -0.3 is 5.11 Å². The number of carboxylic acid groups (broad SMARTS) is 1. The molecule has 0 fully saturated rings. The van der Waals surface area contributed by atoms with Crippen LogP contribution < -0.4 is 0 Å². The first kappa shape index (κ1) is 14.5. The zero-order valence-corrected chi connectivity index (χ0v) is 10.2. The molecule has 0 aliphatic heterocycles. The van der Waals surface area contributed by atoms with Crippen LogP contribution in [0.3, 0.4) is 0 Å². The van der Waals surface area contributed by atoms with Crippen LogP contribution in [-0.2, 0) is 0 Å². The second kappa shape index (κ2) is 7.02. The van der Waals surface area contributed by atoms with Crippen molar-refractivity contribution in [2.45, 2.75) is 0 Å². The van der Waals surface area contributed by atoms with Crippen molar-refractivity contribution in [1.29, 1.82) is 0 Å². The van der Waals surface area contributed by atoms with Crippen LogP contribution in [0.15, 0.2) is 42.7 Å². The van der Waals surface area contributed by atoms with Gasteiger partial charge in [-0.05, 0) is 24.3 Å². The number of nitro groups is 1. The predicted octanol–water partition coefficient (Wildman–Crippen LogP) is 2.42. The van der Waals surface area contributed by atoms with Gasteiger partial charge in [-0.1, -0.05) is 11.6 Å². The Bertz CT molecular complexity index is 551. The summed E-state index contributed by atoms with van der Waals surface area (Å²) in [6, 6.07) is 6.96. The van der Waals surface area contributed by atoms with E-state index in [1.54, 1.807) is 12.4 Å². The van der Waals surface area contributed by atoms with Crippen molar-refractivity contribution in [3.63, 3.8) is 0 Å². The zero-order valence-electron chi connectivity index (χ0n) is 9.43. The minimum absolute atomic E-state index is 0.0741. The van der Waals surface area contributed by atoms with Crippen molar-refractivity contribution in [2.24, 2.45) is 0 Å². The van der Waals surface area contributed by atoms with Gasteiger partial charge in [-0.3, -0.25) is 10.1 Å². The third kappa shape index (κ3) is 4.68. The molecule has 0 aliphatic rings. The molecule has 0 atom stereocenters. The van der Waals surface area contributed by atoms with Crippen LogP contribution in [0.4, 0.5) is 5.69 Å². The fourth-order valence-corrected chi connectivity index (χ4v) is 1.23. The number of rotatable bonds is 2. The first-order valence-electron chi connectivity index (χ1n) is 4.91. The maximum absolute atomic E-state index is 10.4. The van der Waals surface area contributed by atoms with Crippen molar-refractivity contribution in [1.82, 2.24) is 10.2 Å². The third-order valence-corrected chi connectivity index (χ3v) is 2.19. The molecule has 0 saturated heterocycles. The molecule has 2 rings (SSSR count). The number of hydrogen-bond acceptors (Lipinski definition) is 5. The molecule has 1 aromatic carbocycles. The van der Waals surface area contributed by atoms with Crippen LogP contribution in [-0.4, -0.2) is 26.2 Å². The molecule has 0 spiro atoms. The molecule has 1 N–H and O–H groups in total. The van der Waals surface area contributed by atoms with E-state index in [0.29, 0.717) is 0 Å². The van der Waals surface area contributed by atoms with Crippen LogP contribution in [0, 0.1) is 10.1 Å². The van der Waals surface area contributed by atoms with E-state index in [-0.39, 0.29) is 10.6 Å². The molecule has 7 nitrogen and oxygen atoms in total. The number of aromatic nitrogens is 2. The summed E-state index contributed by atoms with van der Waals surface area (Å²) in [7, 11) is 0. The number of carboxylic acids is 1. The summed E-state index contributed by atoms with van der Waals surface area (Å²) in [5, 5.41) is 25.8. The number of halogens is 1. The summed E-state index contributed by atoms with van der Waals surface area (Å²) < 4.78 is 0. The summed E-state index contributed by atoms with van der Waals surface area (Å²) in [5.74, 6) is -1.22. The largest absolute Gasteiger partial charge is 0.478 e. The highest BCUT2D eigenvalue weighted by Gasteiger charge is 2.15. The maximum Gasteiger partial charge on any atom is 0.335 e. The smallest absolute Gasteiger partial charge is 0.335 e. The molecular formula is C11H8ClN3O4. The van der Waals surface area contributed by atoms with Crippen molar-refractivity contribution < 1.29 is 14.8 Å². The number of carbonyl (C=O) groups is 1. The lowest BCUT2D eigenvalue weighted by atomic mass is 10.2. The number of nitro benzene ring substituents is 1. The SMILES string of the molecule is O=C(O)c1ccc(Cl)c([N+](=O)[O-])c1.c1ccnnc1. The van der Waals surface area contributed by atoms with Gasteiger partial charge in [0.05, 0.1) is 10.5 Å². The predicted molar refractivity (Wildman–Crippen MR) is 67.1 cm³/mol. The first-order valence-corrected chi connectivity index (χ1v) is 5.29. The van der Waals surface area contributed by atoms with E-state index in [2.05, 4.69) is 10.2 Å². The first-order chi connectivity index (χ1) is 9.02. The maximum atomic E-state index is 10.4. The monoisotopic (exact) mass is 281 g/mol. The second-order valence-electron chi connectivity index (χ2n) is 3.14. The normalized spacial score (nSPS) is 9.11. The summed E-state index contributed by atoms with van der Waals surface area (Å²) >= 11 is 5.46. The molecule has 0 amide bonds. The average Bonchev–Trinajstić information content (AvgIpc) is 2.41. The lowest BCUT2D eigenvalue weighted by Gasteiger charge is -1.96. The van der Waals surface area contributed by atoms with E-state index >= 15 is 0 Å². The quantitative estimate of drug-likeness (QED) is 0.669. The van der Waals surface area contributed by atoms with Crippen molar-refractivity contribution in [3.05, 3.63) is 63.4 Å². The van der Waals surface area contributed by atoms with Gasteiger partial charge >= 0.3 is 5.97 Å². The number of benzene rings is 1. The summed E-state index contributed by atoms with van der Waals surface area (Å²) in [6.45, 7) is 0. The van der Waals surface area contributed by atoms with Gasteiger partial charge in [0.25, 0.3) is 5.69 Å². The summed E-state index contributed by atoms with van der Waals surface area (Å²) in [6.07, 6.45) is 3.28. The molecule has 0 unspecified atom stereocenters. The highest BCUT2D eigenvalue weighted by Crippen LogP contribution is 2.24. The Hall–Kier alpha value is -2.54. The molecular weight excluding hydrogens is 274 g/mol. The van der Waals surface area contributed by atoms with Crippen molar-refractivity contribution >= 4 is 23.3 Å². The van der Waals surface area contributed by atoms with E-state index in [1.807, 2.05) is 12.1 Å². The Morgan fingerprint density at radius 3 is 2.21 bits per heavy atom. The van der Waals surface area contributed by atoms with Gasteiger partial charge in [0.2, 0.25) is 0 Å². The van der Waals surface area contributed by atoms with E-state index in [9.17, 15) is 14.9 Å². The second-order valence-corrected chi connectivity index (χ2v) is 3.55. The molecule has 0 saturated carbocycles. The summed E-state index contributed by atoms with van der Waals surface area (Å²) in [4.78, 5) is 20.0. The van der Waals surface area contributed by atoms with Gasteiger partial charge in [-0.2, -0.15) is 10.2 Å². The molecule has 0 radical (unpaired) electrons. The van der Waals surface area contributed by atoms with Gasteiger partial charge in [0.15, 0.2) is 0 Å². The Balaban J connectivity index is 0.000000250. The van der Waals surface area contributed by atoms with Crippen LogP contribution in [0.25, 0.3) is 0 Å². The molecule has 1 aromatic heterocycles. The summed E-state index contributed by atoms with van der Waals surface area (Å²) in [5.41, 5.74) is -0.558. The highest BCUT2D eigenvalue weighted by molar-refractivity contribution is 6.32. The standard InChI is InChI=1S/C7H4ClNO4.C4H4N2/c8-5-2-1-4(7(10)11)3-6(5)9(12)13;1-2-4-6-5-3-1/h1-3H,(H,10,11);1-4H. The van der Waals surface area contributed by atoms with Crippen LogP contribution in [0.1, 0.15) is 10.4 Å². The Kier molecular flexibility index (Phi) is 5.36. The minimum atomic E-state index is -1.22. The molecule has 8 heteroatoms. The lowest BCUT2D eigenvalue weighted by Crippen LogP contribution is -1.98. The van der Waals surface area contributed by atoms with Gasteiger partial charge in [-0.15, -0.1) is 0 Å². The fraction of sp³-hybridized carbons (Fsp3) is 0. The van der Waals surface area contributed by atoms with Gasteiger partial charge in [-0.25, -0.2) is 4.79 Å². The molecule has 2 aromatic rings. The Morgan fingerprint density at radius 2 is 1.84 bits per heavy atom. The van der Waals surface area contributed by atoms with Crippen LogP contribution in [0.2, 0.25) is 5.02 Å². The highest BCUT2D eigenvalue weighted by atomic mass is 35.5.